The number of nitrogens with zero attached hydrogens (tertiary/aromatic N) is 1. The number of nitrogens with one attached hydrogen (secondary N) is 1. The Labute approximate surface area is 131 Å². The van der Waals surface area contributed by atoms with Gasteiger partial charge in [0.05, 0.1) is 0 Å². The lowest BCUT2D eigenvalue weighted by atomic mass is 10.0. The molecule has 3 nitrogen and oxygen atoms in total. The van der Waals surface area contributed by atoms with Crippen LogP contribution in [0, 0.1) is 0 Å². The van der Waals surface area contributed by atoms with Crippen molar-refractivity contribution in [3.8, 4) is 0 Å². The van der Waals surface area contributed by atoms with Crippen molar-refractivity contribution >= 4 is 11.0 Å². The van der Waals surface area contributed by atoms with Crippen LogP contribution in [0.4, 0.5) is 0 Å². The summed E-state index contributed by atoms with van der Waals surface area (Å²) in [6.07, 6.45) is -0.526. The van der Waals surface area contributed by atoms with Crippen molar-refractivity contribution in [3.63, 3.8) is 0 Å². The van der Waals surface area contributed by atoms with Crippen LogP contribution in [0.15, 0.2) is 48.5 Å². The molecule has 0 aliphatic heterocycles. The highest BCUT2D eigenvalue weighted by molar-refractivity contribution is 5.71. The van der Waals surface area contributed by atoms with Gasteiger partial charge in [-0.3, -0.25) is 0 Å². The van der Waals surface area contributed by atoms with Gasteiger partial charge in [0.25, 0.3) is 5.82 Å². The quantitative estimate of drug-likeness (QED) is 0.708. The zero-order chi connectivity index (χ0) is 15.7. The number of aromatic nitrogens is 2. The Bertz CT molecular complexity index is 770. The van der Waals surface area contributed by atoms with E-state index in [1.54, 1.807) is 6.92 Å². The molecular weight excluding hydrogens is 272 g/mol. The normalized spacial score (nSPS) is 13.0. The van der Waals surface area contributed by atoms with Crippen molar-refractivity contribution in [3.05, 3.63) is 65.5 Å². The molecule has 2 aromatic carbocycles. The number of hydrogen-bond acceptors (Lipinski definition) is 1. The van der Waals surface area contributed by atoms with Crippen LogP contribution in [0.2, 0.25) is 0 Å². The van der Waals surface area contributed by atoms with Gasteiger partial charge in [-0.05, 0) is 36.1 Å². The van der Waals surface area contributed by atoms with Crippen LogP contribution < -0.4 is 4.57 Å². The summed E-state index contributed by atoms with van der Waals surface area (Å²) in [5.41, 5.74) is 4.76. The molecule has 1 aromatic heterocycles. The predicted octanol–water partition coefficient (Wildman–Crippen LogP) is 3.68. The van der Waals surface area contributed by atoms with Gasteiger partial charge in [-0.25, -0.2) is 9.55 Å². The van der Waals surface area contributed by atoms with E-state index in [1.165, 1.54) is 11.1 Å². The lowest BCUT2D eigenvalue weighted by Gasteiger charge is -2.07. The molecule has 1 unspecified atom stereocenters. The number of H-pyrrole nitrogens is 1. The minimum Gasteiger partial charge on any atom is -0.381 e. The van der Waals surface area contributed by atoms with Gasteiger partial charge in [0.15, 0.2) is 17.1 Å². The minimum atomic E-state index is -0.526. The molecule has 22 heavy (non-hydrogen) atoms. The number of aliphatic hydroxyl groups excluding tert-OH is 1. The molecule has 1 atom stereocenters. The average Bonchev–Trinajstić information content (AvgIpc) is 2.87. The predicted molar refractivity (Wildman–Crippen MR) is 88.8 cm³/mol. The van der Waals surface area contributed by atoms with Crippen molar-refractivity contribution in [1.82, 2.24) is 4.98 Å². The summed E-state index contributed by atoms with van der Waals surface area (Å²) >= 11 is 0. The zero-order valence-electron chi connectivity index (χ0n) is 13.4. The highest BCUT2D eigenvalue weighted by atomic mass is 16.3. The first-order chi connectivity index (χ1) is 10.6. The molecule has 0 saturated carbocycles. The molecule has 0 fully saturated rings. The third kappa shape index (κ3) is 2.77. The maximum atomic E-state index is 10.0. The molecule has 0 spiro atoms. The first-order valence-corrected chi connectivity index (χ1v) is 7.83. The molecule has 3 rings (SSSR count). The molecule has 3 heteroatoms. The number of rotatable bonds is 4. The van der Waals surface area contributed by atoms with Gasteiger partial charge >= 0.3 is 0 Å². The second kappa shape index (κ2) is 5.93. The molecule has 114 valence electrons. The van der Waals surface area contributed by atoms with Crippen molar-refractivity contribution in [2.75, 3.05) is 0 Å². The Hall–Kier alpha value is -2.13. The Morgan fingerprint density at radius 3 is 2.32 bits per heavy atom. The van der Waals surface area contributed by atoms with Gasteiger partial charge in [-0.15, -0.1) is 0 Å². The summed E-state index contributed by atoms with van der Waals surface area (Å²) < 4.78 is 2.16. The Kier molecular flexibility index (Phi) is 3.99. The summed E-state index contributed by atoms with van der Waals surface area (Å²) in [7, 11) is 0. The second-order valence-corrected chi connectivity index (χ2v) is 6.19. The molecule has 0 radical (unpaired) electrons. The van der Waals surface area contributed by atoms with Gasteiger partial charge in [0.2, 0.25) is 0 Å². The topological polar surface area (TPSA) is 39.9 Å². The van der Waals surface area contributed by atoms with Gasteiger partial charge in [0.1, 0.15) is 6.54 Å². The lowest BCUT2D eigenvalue weighted by molar-refractivity contribution is -0.673. The monoisotopic (exact) mass is 295 g/mol. The molecule has 0 amide bonds. The maximum Gasteiger partial charge on any atom is 0.284 e. The van der Waals surface area contributed by atoms with Crippen LogP contribution in [-0.2, 0) is 6.54 Å². The van der Waals surface area contributed by atoms with Crippen LogP contribution in [-0.4, -0.2) is 10.1 Å². The fraction of sp³-hybridized carbons (Fsp3) is 0.316. The smallest absolute Gasteiger partial charge is 0.284 e. The first kappa shape index (κ1) is 14.8. The SMILES string of the molecule is CC(C)c1ccc(C[n+]2c(C(C)O)[nH]c3ccccc32)cc1. The summed E-state index contributed by atoms with van der Waals surface area (Å²) in [6.45, 7) is 6.95. The number of hydrogen-bond donors (Lipinski definition) is 2. The molecule has 0 aliphatic rings. The van der Waals surface area contributed by atoms with Crippen molar-refractivity contribution in [2.45, 2.75) is 39.3 Å². The third-order valence-electron chi connectivity index (χ3n) is 4.13. The van der Waals surface area contributed by atoms with Crippen LogP contribution in [0.3, 0.4) is 0 Å². The molecule has 0 saturated heterocycles. The van der Waals surface area contributed by atoms with E-state index in [9.17, 15) is 5.11 Å². The standard InChI is InChI=1S/C19H22N2O/c1-13(2)16-10-8-15(9-11-16)12-21-18-7-5-4-6-17(18)20-19(21)14(3)22/h4-11,13-14,22H,12H2,1-3H3/p+1. The molecule has 0 aliphatic carbocycles. The first-order valence-electron chi connectivity index (χ1n) is 7.83. The van der Waals surface area contributed by atoms with Crippen LogP contribution >= 0.6 is 0 Å². The fourth-order valence-corrected chi connectivity index (χ4v) is 2.84. The van der Waals surface area contributed by atoms with Gasteiger partial charge in [-0.1, -0.05) is 50.2 Å². The molecule has 0 bridgehead atoms. The highest BCUT2D eigenvalue weighted by Gasteiger charge is 2.22. The molecule has 3 aromatic rings. The van der Waals surface area contributed by atoms with Crippen LogP contribution in [0.1, 0.15) is 49.7 Å². The van der Waals surface area contributed by atoms with E-state index in [1.807, 2.05) is 18.2 Å². The van der Waals surface area contributed by atoms with E-state index in [0.717, 1.165) is 23.4 Å². The maximum absolute atomic E-state index is 10.0. The largest absolute Gasteiger partial charge is 0.381 e. The summed E-state index contributed by atoms with van der Waals surface area (Å²) in [5, 5.41) is 10.0. The lowest BCUT2D eigenvalue weighted by Crippen LogP contribution is -2.38. The number of para-hydroxylation sites is 2. The zero-order valence-corrected chi connectivity index (χ0v) is 13.4. The van der Waals surface area contributed by atoms with Crippen LogP contribution in [0.5, 0.6) is 0 Å². The number of aromatic amines is 1. The van der Waals surface area contributed by atoms with Crippen molar-refractivity contribution < 1.29 is 9.67 Å². The van der Waals surface area contributed by atoms with E-state index in [0.29, 0.717) is 5.92 Å². The summed E-state index contributed by atoms with van der Waals surface area (Å²) in [5.74, 6) is 1.39. The van der Waals surface area contributed by atoms with E-state index in [-0.39, 0.29) is 0 Å². The molecular formula is C19H23N2O+. The van der Waals surface area contributed by atoms with Crippen molar-refractivity contribution in [1.29, 1.82) is 0 Å². The van der Waals surface area contributed by atoms with Crippen molar-refractivity contribution in [2.24, 2.45) is 0 Å². The number of benzene rings is 2. The highest BCUT2D eigenvalue weighted by Crippen LogP contribution is 2.17. The van der Waals surface area contributed by atoms with Gasteiger partial charge < -0.3 is 5.11 Å². The molecule has 1 heterocycles. The molecule has 2 N–H and O–H groups in total. The fourth-order valence-electron chi connectivity index (χ4n) is 2.84. The Balaban J connectivity index is 2.00. The summed E-state index contributed by atoms with van der Waals surface area (Å²) in [6, 6.07) is 16.9. The van der Waals surface area contributed by atoms with Gasteiger partial charge in [0, 0.05) is 0 Å². The van der Waals surface area contributed by atoms with Crippen LogP contribution in [0.25, 0.3) is 11.0 Å². The second-order valence-electron chi connectivity index (χ2n) is 6.19. The van der Waals surface area contributed by atoms with E-state index in [2.05, 4.69) is 53.7 Å². The van der Waals surface area contributed by atoms with E-state index < -0.39 is 6.10 Å². The van der Waals surface area contributed by atoms with E-state index in [4.69, 9.17) is 0 Å². The average molecular weight is 295 g/mol. The number of imidazole rings is 1. The Morgan fingerprint density at radius 2 is 1.68 bits per heavy atom. The Morgan fingerprint density at radius 1 is 1.00 bits per heavy atom. The summed E-state index contributed by atoms with van der Waals surface area (Å²) in [4.78, 5) is 3.33. The number of aliphatic hydroxyl groups is 1. The van der Waals surface area contributed by atoms with E-state index >= 15 is 0 Å². The van der Waals surface area contributed by atoms with Gasteiger partial charge in [-0.2, -0.15) is 0 Å². The number of fused-ring (bicyclic) bond motifs is 1. The third-order valence-corrected chi connectivity index (χ3v) is 4.13. The minimum absolute atomic E-state index is 0.526.